The van der Waals surface area contributed by atoms with E-state index >= 15 is 0 Å². The number of thiazole rings is 1. The highest BCUT2D eigenvalue weighted by atomic mass is 35.5. The average molecular weight is 439 g/mol. The van der Waals surface area contributed by atoms with Crippen LogP contribution in [0.4, 0.5) is 4.39 Å². The van der Waals surface area contributed by atoms with Crippen LogP contribution in [0.5, 0.6) is 5.75 Å². The maximum atomic E-state index is 13.4. The predicted molar refractivity (Wildman–Crippen MR) is 107 cm³/mol. The normalized spacial score (nSPS) is 14.7. The first kappa shape index (κ1) is 19.3. The van der Waals surface area contributed by atoms with Gasteiger partial charge in [-0.05, 0) is 42.5 Å². The third kappa shape index (κ3) is 3.53. The Hall–Kier alpha value is -2.00. The summed E-state index contributed by atoms with van der Waals surface area (Å²) in [5.41, 5.74) is 1.87. The van der Waals surface area contributed by atoms with Gasteiger partial charge in [-0.2, -0.15) is 4.31 Å². The number of rotatable bonds is 4. The van der Waals surface area contributed by atoms with E-state index < -0.39 is 15.8 Å². The molecule has 3 aromatic rings. The zero-order chi connectivity index (χ0) is 19.9. The molecule has 0 amide bonds. The predicted octanol–water partition coefficient (Wildman–Crippen LogP) is 4.36. The molecule has 4 rings (SSSR count). The minimum atomic E-state index is -3.76. The molecule has 0 saturated heterocycles. The van der Waals surface area contributed by atoms with Crippen molar-refractivity contribution in [3.05, 3.63) is 63.9 Å². The van der Waals surface area contributed by atoms with E-state index in [4.69, 9.17) is 16.3 Å². The fraction of sp³-hybridized carbons (Fsp3) is 0.211. The van der Waals surface area contributed by atoms with Gasteiger partial charge in [-0.3, -0.25) is 0 Å². The largest absolute Gasteiger partial charge is 0.497 e. The van der Waals surface area contributed by atoms with Gasteiger partial charge in [0.05, 0.1) is 29.3 Å². The van der Waals surface area contributed by atoms with Gasteiger partial charge in [-0.25, -0.2) is 17.8 Å². The van der Waals surface area contributed by atoms with Gasteiger partial charge in [0, 0.05) is 23.4 Å². The van der Waals surface area contributed by atoms with Crippen molar-refractivity contribution < 1.29 is 17.5 Å². The number of methoxy groups -OCH3 is 1. The van der Waals surface area contributed by atoms with Crippen molar-refractivity contribution >= 4 is 33.0 Å². The summed E-state index contributed by atoms with van der Waals surface area (Å²) in [7, 11) is -2.15. The minimum Gasteiger partial charge on any atom is -0.497 e. The van der Waals surface area contributed by atoms with Crippen LogP contribution in [-0.2, 0) is 23.0 Å². The van der Waals surface area contributed by atoms with Gasteiger partial charge < -0.3 is 4.74 Å². The molecule has 0 fully saturated rings. The third-order valence-corrected chi connectivity index (χ3v) is 7.82. The zero-order valence-electron chi connectivity index (χ0n) is 14.9. The third-order valence-electron chi connectivity index (χ3n) is 4.56. The molecule has 1 aromatic heterocycles. The van der Waals surface area contributed by atoms with Crippen molar-refractivity contribution in [1.82, 2.24) is 9.29 Å². The summed E-state index contributed by atoms with van der Waals surface area (Å²) in [5.74, 6) is 0.119. The van der Waals surface area contributed by atoms with Crippen LogP contribution in [0.15, 0.2) is 47.4 Å². The fourth-order valence-electron chi connectivity index (χ4n) is 3.02. The van der Waals surface area contributed by atoms with E-state index in [2.05, 4.69) is 4.98 Å². The number of fused-ring (bicyclic) bond motifs is 1. The number of benzene rings is 2. The molecule has 1 aliphatic heterocycles. The molecule has 9 heteroatoms. The Morgan fingerprint density at radius 1 is 1.21 bits per heavy atom. The molecule has 5 nitrogen and oxygen atoms in total. The molecule has 0 atom stereocenters. The number of nitrogens with zero attached hydrogens (tertiary/aromatic N) is 2. The lowest BCUT2D eigenvalue weighted by atomic mass is 10.2. The van der Waals surface area contributed by atoms with E-state index in [1.165, 1.54) is 21.7 Å². The highest BCUT2D eigenvalue weighted by Crippen LogP contribution is 2.34. The van der Waals surface area contributed by atoms with E-state index in [1.54, 1.807) is 7.11 Å². The zero-order valence-corrected chi connectivity index (χ0v) is 17.2. The molecule has 0 aliphatic carbocycles. The smallest absolute Gasteiger partial charge is 0.243 e. The molecule has 146 valence electrons. The quantitative estimate of drug-likeness (QED) is 0.607. The Morgan fingerprint density at radius 3 is 2.64 bits per heavy atom. The number of hydrogen-bond acceptors (Lipinski definition) is 5. The molecule has 0 radical (unpaired) electrons. The fourth-order valence-corrected chi connectivity index (χ4v) is 5.91. The minimum absolute atomic E-state index is 0.0118. The molecule has 28 heavy (non-hydrogen) atoms. The Balaban J connectivity index is 1.60. The number of halogens is 2. The summed E-state index contributed by atoms with van der Waals surface area (Å²) in [6, 6.07) is 11.0. The lowest BCUT2D eigenvalue weighted by Crippen LogP contribution is -2.35. The molecule has 0 bridgehead atoms. The lowest BCUT2D eigenvalue weighted by Gasteiger charge is -2.25. The lowest BCUT2D eigenvalue weighted by molar-refractivity contribution is 0.393. The van der Waals surface area contributed by atoms with Crippen molar-refractivity contribution in [1.29, 1.82) is 0 Å². The Bertz CT molecular complexity index is 1130. The summed E-state index contributed by atoms with van der Waals surface area (Å²) in [5, 5.41) is 0.634. The number of aromatic nitrogens is 1. The maximum Gasteiger partial charge on any atom is 0.243 e. The van der Waals surface area contributed by atoms with Crippen LogP contribution in [-0.4, -0.2) is 31.4 Å². The maximum absolute atomic E-state index is 13.4. The van der Waals surface area contributed by atoms with Crippen molar-refractivity contribution in [2.24, 2.45) is 0 Å². The van der Waals surface area contributed by atoms with Gasteiger partial charge in [-0.1, -0.05) is 11.6 Å². The van der Waals surface area contributed by atoms with Crippen LogP contribution in [0.1, 0.15) is 10.6 Å². The van der Waals surface area contributed by atoms with Gasteiger partial charge in [0.15, 0.2) is 0 Å². The topological polar surface area (TPSA) is 59.5 Å². The molecule has 0 saturated carbocycles. The summed E-state index contributed by atoms with van der Waals surface area (Å²) in [6.07, 6.45) is 0.524. The van der Waals surface area contributed by atoms with Crippen molar-refractivity contribution in [3.8, 4) is 16.3 Å². The van der Waals surface area contributed by atoms with Crippen LogP contribution in [0.25, 0.3) is 10.6 Å². The van der Waals surface area contributed by atoms with Gasteiger partial charge in [0.2, 0.25) is 10.0 Å². The number of ether oxygens (including phenoxy) is 1. The van der Waals surface area contributed by atoms with Gasteiger partial charge >= 0.3 is 0 Å². The standard InChI is InChI=1S/C19H16ClFN2O3S2/c1-26-13-4-2-12(3-5-13)19-22-17-8-9-23(11-18(17)27-19)28(24,25)14-6-7-16(21)15(20)10-14/h2-7,10H,8-9,11H2,1H3. The van der Waals surface area contributed by atoms with Crippen molar-refractivity contribution in [3.63, 3.8) is 0 Å². The second-order valence-electron chi connectivity index (χ2n) is 6.28. The summed E-state index contributed by atoms with van der Waals surface area (Å²) in [6.45, 7) is 0.552. The van der Waals surface area contributed by atoms with Gasteiger partial charge in [0.25, 0.3) is 0 Å². The number of hydrogen-bond donors (Lipinski definition) is 0. The Morgan fingerprint density at radius 2 is 1.96 bits per heavy atom. The first-order valence-corrected chi connectivity index (χ1v) is 11.1. The van der Waals surface area contributed by atoms with Crippen molar-refractivity contribution in [2.75, 3.05) is 13.7 Å². The molecule has 0 unspecified atom stereocenters. The Kier molecular flexibility index (Phi) is 5.13. The van der Waals surface area contributed by atoms with E-state index in [1.807, 2.05) is 24.3 Å². The highest BCUT2D eigenvalue weighted by Gasteiger charge is 2.31. The average Bonchev–Trinajstić information content (AvgIpc) is 3.13. The second-order valence-corrected chi connectivity index (χ2v) is 9.71. The first-order chi connectivity index (χ1) is 13.4. The van der Waals surface area contributed by atoms with Crippen molar-refractivity contribution in [2.45, 2.75) is 17.9 Å². The SMILES string of the molecule is COc1ccc(-c2nc3c(s2)CN(S(=O)(=O)c2ccc(F)c(Cl)c2)CC3)cc1. The molecule has 0 N–H and O–H groups in total. The first-order valence-electron chi connectivity index (χ1n) is 8.46. The molecule has 0 spiro atoms. The summed E-state index contributed by atoms with van der Waals surface area (Å²) >= 11 is 7.24. The summed E-state index contributed by atoms with van der Waals surface area (Å²) < 4.78 is 45.8. The van der Waals surface area contributed by atoms with E-state index in [-0.39, 0.29) is 16.5 Å². The van der Waals surface area contributed by atoms with E-state index in [9.17, 15) is 12.8 Å². The van der Waals surface area contributed by atoms with Crippen LogP contribution < -0.4 is 4.74 Å². The molecule has 2 aromatic carbocycles. The second kappa shape index (κ2) is 7.44. The van der Waals surface area contributed by atoms with Gasteiger partial charge in [0.1, 0.15) is 16.6 Å². The van der Waals surface area contributed by atoms with Gasteiger partial charge in [-0.15, -0.1) is 11.3 Å². The van der Waals surface area contributed by atoms with Crippen LogP contribution in [0, 0.1) is 5.82 Å². The van der Waals surface area contributed by atoms with Crippen LogP contribution >= 0.6 is 22.9 Å². The Labute approximate surface area is 171 Å². The number of sulfonamides is 1. The molecule has 2 heterocycles. The monoisotopic (exact) mass is 438 g/mol. The molecular weight excluding hydrogens is 423 g/mol. The summed E-state index contributed by atoms with van der Waals surface area (Å²) in [4.78, 5) is 5.58. The highest BCUT2D eigenvalue weighted by molar-refractivity contribution is 7.89. The van der Waals surface area contributed by atoms with Crippen LogP contribution in [0.3, 0.4) is 0 Å². The molecule has 1 aliphatic rings. The van der Waals surface area contributed by atoms with E-state index in [0.29, 0.717) is 13.0 Å². The van der Waals surface area contributed by atoms with Crippen LogP contribution in [0.2, 0.25) is 5.02 Å². The molecular formula is C19H16ClFN2O3S2. The van der Waals surface area contributed by atoms with E-state index in [0.717, 1.165) is 39.0 Å².